The van der Waals surface area contributed by atoms with Gasteiger partial charge in [0.25, 0.3) is 0 Å². The second-order valence-corrected chi connectivity index (χ2v) is 6.38. The Morgan fingerprint density at radius 1 is 1.26 bits per heavy atom. The van der Waals surface area contributed by atoms with Crippen molar-refractivity contribution < 1.29 is 14.3 Å². The number of hydrogen-bond acceptors (Lipinski definition) is 4. The van der Waals surface area contributed by atoms with E-state index in [1.165, 1.54) is 5.56 Å². The first-order valence-electron chi connectivity index (χ1n) is 8.47. The van der Waals surface area contributed by atoms with E-state index in [1.807, 2.05) is 24.0 Å². The molecule has 1 aromatic carbocycles. The van der Waals surface area contributed by atoms with E-state index in [1.54, 1.807) is 7.11 Å². The molecule has 0 aliphatic carbocycles. The standard InChI is InChI=1S/C18H26N2O3/c1-13-17(19-9-12-23-13)18(21)20-10-7-15(8-11-20)14-3-5-16(22-2)6-4-14/h3-6,13,15,17,19H,7-12H2,1-2H3/t13-,17+/m1/s1. The van der Waals surface area contributed by atoms with E-state index < -0.39 is 0 Å². The summed E-state index contributed by atoms with van der Waals surface area (Å²) in [7, 11) is 1.68. The first-order valence-corrected chi connectivity index (χ1v) is 8.47. The molecule has 2 fully saturated rings. The lowest BCUT2D eigenvalue weighted by Crippen LogP contribution is -2.57. The summed E-state index contributed by atoms with van der Waals surface area (Å²) >= 11 is 0. The van der Waals surface area contributed by atoms with Crippen molar-refractivity contribution in [3.8, 4) is 5.75 Å². The quantitative estimate of drug-likeness (QED) is 0.923. The van der Waals surface area contributed by atoms with Crippen LogP contribution in [0.25, 0.3) is 0 Å². The van der Waals surface area contributed by atoms with Gasteiger partial charge in [-0.1, -0.05) is 12.1 Å². The highest BCUT2D eigenvalue weighted by Crippen LogP contribution is 2.29. The Labute approximate surface area is 137 Å². The molecule has 1 amide bonds. The summed E-state index contributed by atoms with van der Waals surface area (Å²) < 4.78 is 10.8. The monoisotopic (exact) mass is 318 g/mol. The lowest BCUT2D eigenvalue weighted by molar-refractivity contribution is -0.140. The van der Waals surface area contributed by atoms with Gasteiger partial charge in [-0.3, -0.25) is 4.79 Å². The number of benzene rings is 1. The zero-order chi connectivity index (χ0) is 16.2. The summed E-state index contributed by atoms with van der Waals surface area (Å²) in [6.07, 6.45) is 1.98. The lowest BCUT2D eigenvalue weighted by Gasteiger charge is -2.37. The number of methoxy groups -OCH3 is 1. The van der Waals surface area contributed by atoms with Gasteiger partial charge < -0.3 is 19.7 Å². The smallest absolute Gasteiger partial charge is 0.242 e. The van der Waals surface area contributed by atoms with Gasteiger partial charge in [0.2, 0.25) is 5.91 Å². The molecule has 23 heavy (non-hydrogen) atoms. The second-order valence-electron chi connectivity index (χ2n) is 6.38. The number of nitrogens with one attached hydrogen (secondary N) is 1. The van der Waals surface area contributed by atoms with Crippen LogP contribution in [0.2, 0.25) is 0 Å². The first-order chi connectivity index (χ1) is 11.2. The van der Waals surface area contributed by atoms with Crippen LogP contribution in [-0.2, 0) is 9.53 Å². The molecule has 2 aliphatic rings. The molecule has 126 valence electrons. The predicted octanol–water partition coefficient (Wildman–Crippen LogP) is 1.78. The highest BCUT2D eigenvalue weighted by Gasteiger charge is 2.33. The van der Waals surface area contributed by atoms with E-state index in [-0.39, 0.29) is 18.1 Å². The van der Waals surface area contributed by atoms with Gasteiger partial charge in [0.15, 0.2) is 0 Å². The van der Waals surface area contributed by atoms with Crippen LogP contribution in [-0.4, -0.2) is 56.3 Å². The molecule has 2 aliphatic heterocycles. The molecule has 0 bridgehead atoms. The summed E-state index contributed by atoms with van der Waals surface area (Å²) in [5, 5.41) is 3.29. The number of ether oxygens (including phenoxy) is 2. The molecule has 0 aromatic heterocycles. The summed E-state index contributed by atoms with van der Waals surface area (Å²) in [6, 6.07) is 8.11. The number of carbonyl (C=O) groups excluding carboxylic acids is 1. The maximum Gasteiger partial charge on any atom is 0.242 e. The molecule has 2 atom stereocenters. The van der Waals surface area contributed by atoms with E-state index in [0.717, 1.165) is 38.2 Å². The molecule has 0 saturated carbocycles. The van der Waals surface area contributed by atoms with Crippen LogP contribution in [0, 0.1) is 0 Å². The second kappa shape index (κ2) is 7.32. The topological polar surface area (TPSA) is 50.8 Å². The average Bonchev–Trinajstić information content (AvgIpc) is 2.62. The third-order valence-electron chi connectivity index (χ3n) is 4.98. The summed E-state index contributed by atoms with van der Waals surface area (Å²) in [6.45, 7) is 5.05. The van der Waals surface area contributed by atoms with Crippen LogP contribution in [0.5, 0.6) is 5.75 Å². The van der Waals surface area contributed by atoms with Crippen LogP contribution in [0.15, 0.2) is 24.3 Å². The number of likely N-dealkylation sites (tertiary alicyclic amines) is 1. The minimum Gasteiger partial charge on any atom is -0.497 e. The third-order valence-corrected chi connectivity index (χ3v) is 4.98. The molecule has 1 aromatic rings. The van der Waals surface area contributed by atoms with E-state index in [0.29, 0.717) is 12.5 Å². The average molecular weight is 318 g/mol. The van der Waals surface area contributed by atoms with Gasteiger partial charge in [-0.15, -0.1) is 0 Å². The molecular formula is C18H26N2O3. The van der Waals surface area contributed by atoms with Crippen LogP contribution in [0.1, 0.15) is 31.2 Å². The van der Waals surface area contributed by atoms with E-state index in [4.69, 9.17) is 9.47 Å². The highest BCUT2D eigenvalue weighted by molar-refractivity contribution is 5.82. The molecule has 1 N–H and O–H groups in total. The predicted molar refractivity (Wildman–Crippen MR) is 88.8 cm³/mol. The van der Waals surface area contributed by atoms with Crippen molar-refractivity contribution in [1.29, 1.82) is 0 Å². The Morgan fingerprint density at radius 2 is 1.96 bits per heavy atom. The first kappa shape index (κ1) is 16.3. The van der Waals surface area contributed by atoms with Crippen molar-refractivity contribution in [2.24, 2.45) is 0 Å². The maximum atomic E-state index is 12.7. The largest absolute Gasteiger partial charge is 0.497 e. The molecule has 5 nitrogen and oxygen atoms in total. The van der Waals surface area contributed by atoms with Crippen LogP contribution in [0.4, 0.5) is 0 Å². The zero-order valence-corrected chi connectivity index (χ0v) is 14.0. The van der Waals surface area contributed by atoms with Gasteiger partial charge in [0.1, 0.15) is 11.8 Å². The molecule has 3 rings (SSSR count). The molecular weight excluding hydrogens is 292 g/mol. The van der Waals surface area contributed by atoms with Crippen LogP contribution in [0.3, 0.4) is 0 Å². The van der Waals surface area contributed by atoms with Gasteiger partial charge in [0.05, 0.1) is 19.8 Å². The van der Waals surface area contributed by atoms with Gasteiger partial charge in [0, 0.05) is 19.6 Å². The number of amides is 1. The minimum atomic E-state index is -0.193. The SMILES string of the molecule is COc1ccc(C2CCN(C(=O)[C@H]3NCCO[C@@H]3C)CC2)cc1. The van der Waals surface area contributed by atoms with Crippen molar-refractivity contribution in [3.05, 3.63) is 29.8 Å². The van der Waals surface area contributed by atoms with E-state index >= 15 is 0 Å². The van der Waals surface area contributed by atoms with E-state index in [2.05, 4.69) is 17.4 Å². The zero-order valence-electron chi connectivity index (χ0n) is 14.0. The number of rotatable bonds is 3. The van der Waals surface area contributed by atoms with Crippen molar-refractivity contribution >= 4 is 5.91 Å². The molecule has 5 heteroatoms. The molecule has 2 saturated heterocycles. The Balaban J connectivity index is 1.56. The van der Waals surface area contributed by atoms with Gasteiger partial charge in [-0.25, -0.2) is 0 Å². The maximum absolute atomic E-state index is 12.7. The number of carbonyl (C=O) groups is 1. The van der Waals surface area contributed by atoms with Crippen molar-refractivity contribution in [1.82, 2.24) is 10.2 Å². The number of nitrogens with zero attached hydrogens (tertiary/aromatic N) is 1. The minimum absolute atomic E-state index is 0.0458. The molecule has 0 unspecified atom stereocenters. The number of morpholine rings is 1. The van der Waals surface area contributed by atoms with Gasteiger partial charge >= 0.3 is 0 Å². The van der Waals surface area contributed by atoms with Gasteiger partial charge in [-0.2, -0.15) is 0 Å². The third kappa shape index (κ3) is 3.67. The van der Waals surface area contributed by atoms with Crippen molar-refractivity contribution in [2.75, 3.05) is 33.4 Å². The summed E-state index contributed by atoms with van der Waals surface area (Å²) in [5.74, 6) is 1.60. The lowest BCUT2D eigenvalue weighted by atomic mass is 9.89. The Morgan fingerprint density at radius 3 is 2.57 bits per heavy atom. The van der Waals surface area contributed by atoms with E-state index in [9.17, 15) is 4.79 Å². The Bertz CT molecular complexity index is 524. The molecule has 0 spiro atoms. The fourth-order valence-corrected chi connectivity index (χ4v) is 3.52. The van der Waals surface area contributed by atoms with Crippen LogP contribution >= 0.6 is 0 Å². The van der Waals surface area contributed by atoms with Gasteiger partial charge in [-0.05, 0) is 43.4 Å². The fourth-order valence-electron chi connectivity index (χ4n) is 3.52. The summed E-state index contributed by atoms with van der Waals surface area (Å²) in [4.78, 5) is 14.6. The highest BCUT2D eigenvalue weighted by atomic mass is 16.5. The Hall–Kier alpha value is -1.59. The normalized spacial score (nSPS) is 26.1. The van der Waals surface area contributed by atoms with Crippen LogP contribution < -0.4 is 10.1 Å². The fraction of sp³-hybridized carbons (Fsp3) is 0.611. The summed E-state index contributed by atoms with van der Waals surface area (Å²) in [5.41, 5.74) is 1.34. The molecule has 0 radical (unpaired) electrons. The Kier molecular flexibility index (Phi) is 5.18. The van der Waals surface area contributed by atoms with Crippen molar-refractivity contribution in [3.63, 3.8) is 0 Å². The number of piperidine rings is 1. The van der Waals surface area contributed by atoms with Crippen molar-refractivity contribution in [2.45, 2.75) is 37.8 Å². The molecule has 2 heterocycles. The number of hydrogen-bond donors (Lipinski definition) is 1.